The van der Waals surface area contributed by atoms with Gasteiger partial charge in [-0.05, 0) is 23.1 Å². The summed E-state index contributed by atoms with van der Waals surface area (Å²) in [5.74, 6) is 0. The maximum Gasteiger partial charge on any atom is 0.508 e. The normalized spacial score (nSPS) is 11.4. The van der Waals surface area contributed by atoms with Crippen molar-refractivity contribution in [3.63, 3.8) is 0 Å². The Hall–Kier alpha value is -3.37. The summed E-state index contributed by atoms with van der Waals surface area (Å²) in [7, 11) is 1.29. The van der Waals surface area contributed by atoms with E-state index < -0.39 is 11.8 Å². The number of rotatable bonds is 9. The average molecular weight is 402 g/mol. The summed E-state index contributed by atoms with van der Waals surface area (Å²) in [5.41, 5.74) is 2.49. The molecule has 3 rings (SSSR count). The Bertz CT molecular complexity index is 824. The van der Waals surface area contributed by atoms with Gasteiger partial charge in [-0.1, -0.05) is 103 Å². The third kappa shape index (κ3) is 5.16. The zero-order valence-electron chi connectivity index (χ0n) is 17.1. The molecule has 30 heavy (non-hydrogen) atoms. The monoisotopic (exact) mass is 402 g/mol. The van der Waals surface area contributed by atoms with Crippen molar-refractivity contribution in [1.29, 1.82) is 0 Å². The predicted molar refractivity (Wildman–Crippen MR) is 117 cm³/mol. The van der Waals surface area contributed by atoms with Crippen molar-refractivity contribution in [2.45, 2.75) is 12.0 Å². The van der Waals surface area contributed by atoms with Crippen LogP contribution in [0.4, 0.5) is 4.79 Å². The summed E-state index contributed by atoms with van der Waals surface area (Å²) in [6, 6.07) is 30.8. The molecule has 3 aromatic rings. The van der Waals surface area contributed by atoms with Crippen molar-refractivity contribution in [1.82, 2.24) is 0 Å². The fourth-order valence-corrected chi connectivity index (χ4v) is 3.41. The van der Waals surface area contributed by atoms with Crippen LogP contribution in [0.2, 0.25) is 0 Å². The maximum atomic E-state index is 11.0. The van der Waals surface area contributed by atoms with Crippen LogP contribution in [0.25, 0.3) is 0 Å². The highest BCUT2D eigenvalue weighted by atomic mass is 16.7. The lowest BCUT2D eigenvalue weighted by atomic mass is 9.80. The first-order valence-electron chi connectivity index (χ1n) is 9.93. The molecule has 154 valence electrons. The van der Waals surface area contributed by atoms with Crippen LogP contribution in [0.3, 0.4) is 0 Å². The summed E-state index contributed by atoms with van der Waals surface area (Å²) < 4.78 is 16.0. The first-order chi connectivity index (χ1) is 14.8. The van der Waals surface area contributed by atoms with E-state index in [-0.39, 0.29) is 6.61 Å². The van der Waals surface area contributed by atoms with Crippen LogP contribution < -0.4 is 0 Å². The third-order valence-corrected chi connectivity index (χ3v) is 4.77. The maximum absolute atomic E-state index is 11.0. The molecular weight excluding hydrogens is 376 g/mol. The second-order valence-corrected chi connectivity index (χ2v) is 6.65. The Balaban J connectivity index is 1.86. The summed E-state index contributed by atoms with van der Waals surface area (Å²) >= 11 is 0. The smallest absolute Gasteiger partial charge is 0.438 e. The van der Waals surface area contributed by atoms with E-state index in [1.165, 1.54) is 7.11 Å². The van der Waals surface area contributed by atoms with E-state index in [1.807, 2.05) is 60.7 Å². The fourth-order valence-electron chi connectivity index (χ4n) is 3.41. The van der Waals surface area contributed by atoms with Gasteiger partial charge in [-0.25, -0.2) is 4.79 Å². The van der Waals surface area contributed by atoms with E-state index in [9.17, 15) is 4.79 Å². The summed E-state index contributed by atoms with van der Waals surface area (Å²) in [6.07, 6.45) is 3.72. The van der Waals surface area contributed by atoms with Crippen LogP contribution in [0.1, 0.15) is 23.1 Å². The van der Waals surface area contributed by atoms with Crippen molar-refractivity contribution in [3.8, 4) is 0 Å². The molecule has 0 aromatic heterocycles. The highest BCUT2D eigenvalue weighted by molar-refractivity contribution is 5.59. The van der Waals surface area contributed by atoms with E-state index in [0.29, 0.717) is 13.0 Å². The number of methoxy groups -OCH3 is 1. The number of hydrogen-bond acceptors (Lipinski definition) is 4. The number of carbonyl (C=O) groups excluding carboxylic acids is 1. The Morgan fingerprint density at radius 2 is 1.23 bits per heavy atom. The molecule has 0 aliphatic rings. The van der Waals surface area contributed by atoms with Crippen molar-refractivity contribution < 1.29 is 19.0 Å². The van der Waals surface area contributed by atoms with E-state index in [4.69, 9.17) is 9.47 Å². The van der Waals surface area contributed by atoms with Gasteiger partial charge in [0, 0.05) is 0 Å². The van der Waals surface area contributed by atoms with Gasteiger partial charge in [0.25, 0.3) is 0 Å². The lowest BCUT2D eigenvalue weighted by molar-refractivity contribution is 0.0157. The molecule has 3 aromatic carbocycles. The molecular formula is C26H26O4. The molecule has 4 heteroatoms. The second-order valence-electron chi connectivity index (χ2n) is 6.65. The first kappa shape index (κ1) is 21.3. The molecule has 0 atom stereocenters. The number of ether oxygens (including phenoxy) is 3. The Morgan fingerprint density at radius 1 is 0.767 bits per heavy atom. The van der Waals surface area contributed by atoms with E-state index >= 15 is 0 Å². The molecule has 0 bridgehead atoms. The quantitative estimate of drug-likeness (QED) is 0.199. The molecule has 0 amide bonds. The predicted octanol–water partition coefficient (Wildman–Crippen LogP) is 5.72. The Labute approximate surface area is 177 Å². The lowest BCUT2D eigenvalue weighted by Gasteiger charge is -2.36. The van der Waals surface area contributed by atoms with Gasteiger partial charge < -0.3 is 14.2 Å². The number of carbonyl (C=O) groups is 1. The lowest BCUT2D eigenvalue weighted by Crippen LogP contribution is -2.33. The molecule has 0 aliphatic carbocycles. The van der Waals surface area contributed by atoms with Crippen molar-refractivity contribution in [2.24, 2.45) is 0 Å². The van der Waals surface area contributed by atoms with Gasteiger partial charge in [0.1, 0.15) is 12.2 Å². The Morgan fingerprint density at radius 3 is 1.67 bits per heavy atom. The van der Waals surface area contributed by atoms with Crippen LogP contribution in [0, 0.1) is 0 Å². The van der Waals surface area contributed by atoms with Gasteiger partial charge in [0.15, 0.2) is 0 Å². The first-order valence-corrected chi connectivity index (χ1v) is 9.93. The molecule has 0 fully saturated rings. The van der Waals surface area contributed by atoms with Gasteiger partial charge in [-0.3, -0.25) is 0 Å². The highest BCUT2D eigenvalue weighted by Crippen LogP contribution is 2.40. The molecule has 0 heterocycles. The molecule has 0 saturated carbocycles. The van der Waals surface area contributed by atoms with Gasteiger partial charge in [-0.15, -0.1) is 0 Å². The minimum absolute atomic E-state index is 0.174. The second kappa shape index (κ2) is 11.0. The SMILES string of the molecule is COC(=O)OC/C=C/CCOC(c1ccccc1)(c1ccccc1)c1ccccc1. The fraction of sp³-hybridized carbons (Fsp3) is 0.192. The molecule has 0 radical (unpaired) electrons. The molecule has 0 aliphatic heterocycles. The largest absolute Gasteiger partial charge is 0.508 e. The highest BCUT2D eigenvalue weighted by Gasteiger charge is 2.37. The molecule has 4 nitrogen and oxygen atoms in total. The molecule has 0 unspecified atom stereocenters. The summed E-state index contributed by atoms with van der Waals surface area (Å²) in [4.78, 5) is 11.0. The van der Waals surface area contributed by atoms with E-state index in [0.717, 1.165) is 16.7 Å². The topological polar surface area (TPSA) is 44.8 Å². The van der Waals surface area contributed by atoms with Crippen molar-refractivity contribution >= 4 is 6.16 Å². The molecule has 0 N–H and O–H groups in total. The standard InChI is InChI=1S/C26H26O4/c1-28-25(27)29-20-12-5-13-21-30-26(22-14-6-2-7-15-22,23-16-8-3-9-17-23)24-18-10-4-11-19-24/h2-12,14-19H,13,20-21H2,1H3/b12-5+. The van der Waals surface area contributed by atoms with Crippen LogP contribution in [0.5, 0.6) is 0 Å². The van der Waals surface area contributed by atoms with E-state index in [2.05, 4.69) is 41.1 Å². The number of benzene rings is 3. The average Bonchev–Trinajstić information content (AvgIpc) is 2.82. The van der Waals surface area contributed by atoms with Gasteiger partial charge in [0.05, 0.1) is 13.7 Å². The van der Waals surface area contributed by atoms with Crippen LogP contribution >= 0.6 is 0 Å². The number of hydrogen-bond donors (Lipinski definition) is 0. The minimum Gasteiger partial charge on any atom is -0.438 e. The zero-order chi connectivity index (χ0) is 21.1. The minimum atomic E-state index is -0.722. The van der Waals surface area contributed by atoms with E-state index in [1.54, 1.807) is 6.08 Å². The summed E-state index contributed by atoms with van der Waals surface area (Å²) in [5, 5.41) is 0. The Kier molecular flexibility index (Phi) is 7.81. The van der Waals surface area contributed by atoms with Gasteiger partial charge >= 0.3 is 6.16 Å². The zero-order valence-corrected chi connectivity index (χ0v) is 17.1. The van der Waals surface area contributed by atoms with Crippen LogP contribution in [-0.4, -0.2) is 26.5 Å². The van der Waals surface area contributed by atoms with Crippen LogP contribution in [-0.2, 0) is 19.8 Å². The molecule has 0 spiro atoms. The van der Waals surface area contributed by atoms with Crippen LogP contribution in [0.15, 0.2) is 103 Å². The van der Waals surface area contributed by atoms with Gasteiger partial charge in [0.2, 0.25) is 0 Å². The van der Waals surface area contributed by atoms with Gasteiger partial charge in [-0.2, -0.15) is 0 Å². The van der Waals surface area contributed by atoms with Crippen molar-refractivity contribution in [2.75, 3.05) is 20.3 Å². The summed E-state index contributed by atoms with van der Waals surface area (Å²) in [6.45, 7) is 0.668. The van der Waals surface area contributed by atoms with Crippen molar-refractivity contribution in [3.05, 3.63) is 120 Å². The molecule has 0 saturated heterocycles. The third-order valence-electron chi connectivity index (χ3n) is 4.77.